The standard InChI is InChI=1S/C16H15ClFN5OS2/c1-16(2,3)23-13(24)12(17)11(8-19-23)25-15-22-21-14(26-15)20-10-6-4-9(18)5-7-10/h4-8H,1-3H3,(H,20,21). The second-order valence-electron chi connectivity index (χ2n) is 6.32. The van der Waals surface area contributed by atoms with E-state index in [1.165, 1.54) is 39.9 Å². The number of anilines is 2. The number of benzene rings is 1. The summed E-state index contributed by atoms with van der Waals surface area (Å²) in [7, 11) is 0. The molecule has 0 radical (unpaired) electrons. The minimum Gasteiger partial charge on any atom is -0.330 e. The van der Waals surface area contributed by atoms with E-state index in [1.807, 2.05) is 20.8 Å². The van der Waals surface area contributed by atoms with E-state index in [0.717, 1.165) is 0 Å². The average molecular weight is 412 g/mol. The zero-order valence-electron chi connectivity index (χ0n) is 14.2. The summed E-state index contributed by atoms with van der Waals surface area (Å²) in [6.45, 7) is 5.63. The third kappa shape index (κ3) is 4.22. The molecule has 0 saturated heterocycles. The summed E-state index contributed by atoms with van der Waals surface area (Å²) in [5.41, 5.74) is -0.108. The Morgan fingerprint density at radius 2 is 1.92 bits per heavy atom. The van der Waals surface area contributed by atoms with Crippen molar-refractivity contribution in [3.05, 3.63) is 51.7 Å². The third-order valence-corrected chi connectivity index (χ3v) is 5.62. The molecule has 0 aliphatic heterocycles. The van der Waals surface area contributed by atoms with E-state index < -0.39 is 5.54 Å². The van der Waals surface area contributed by atoms with Crippen molar-refractivity contribution >= 4 is 45.5 Å². The van der Waals surface area contributed by atoms with Crippen LogP contribution >= 0.6 is 34.7 Å². The van der Waals surface area contributed by atoms with Gasteiger partial charge in [0.05, 0.1) is 16.6 Å². The molecule has 1 aromatic carbocycles. The van der Waals surface area contributed by atoms with Gasteiger partial charge in [0.1, 0.15) is 10.8 Å². The van der Waals surface area contributed by atoms with E-state index in [2.05, 4.69) is 20.6 Å². The lowest BCUT2D eigenvalue weighted by Crippen LogP contribution is -2.36. The minimum absolute atomic E-state index is 0.100. The van der Waals surface area contributed by atoms with Crippen LogP contribution in [0.3, 0.4) is 0 Å². The Labute approximate surface area is 162 Å². The van der Waals surface area contributed by atoms with Gasteiger partial charge in [-0.05, 0) is 45.0 Å². The molecule has 6 nitrogen and oxygen atoms in total. The monoisotopic (exact) mass is 411 g/mol. The fourth-order valence-electron chi connectivity index (χ4n) is 2.02. The van der Waals surface area contributed by atoms with Crippen LogP contribution in [0.2, 0.25) is 5.02 Å². The van der Waals surface area contributed by atoms with Crippen LogP contribution in [0.15, 0.2) is 44.5 Å². The molecule has 3 rings (SSSR count). The molecule has 0 unspecified atom stereocenters. The molecule has 1 N–H and O–H groups in total. The van der Waals surface area contributed by atoms with Crippen LogP contribution in [0, 0.1) is 5.82 Å². The Morgan fingerprint density at radius 1 is 1.23 bits per heavy atom. The van der Waals surface area contributed by atoms with E-state index in [0.29, 0.717) is 20.1 Å². The number of hydrogen-bond donors (Lipinski definition) is 1. The summed E-state index contributed by atoms with van der Waals surface area (Å²) in [4.78, 5) is 12.9. The first-order valence-corrected chi connectivity index (χ1v) is 9.57. The Morgan fingerprint density at radius 3 is 2.58 bits per heavy atom. The van der Waals surface area contributed by atoms with Crippen molar-refractivity contribution in [3.8, 4) is 0 Å². The van der Waals surface area contributed by atoms with Crippen LogP contribution in [-0.2, 0) is 5.54 Å². The number of rotatable bonds is 4. The molecule has 26 heavy (non-hydrogen) atoms. The van der Waals surface area contributed by atoms with Crippen LogP contribution < -0.4 is 10.9 Å². The van der Waals surface area contributed by atoms with Crippen molar-refractivity contribution < 1.29 is 4.39 Å². The number of halogens is 2. The van der Waals surface area contributed by atoms with Gasteiger partial charge in [0.15, 0.2) is 4.34 Å². The smallest absolute Gasteiger partial charge is 0.287 e. The Bertz CT molecular complexity index is 982. The fraction of sp³-hybridized carbons (Fsp3) is 0.250. The number of aromatic nitrogens is 4. The molecule has 2 aromatic heterocycles. The normalized spacial score (nSPS) is 11.6. The quantitative estimate of drug-likeness (QED) is 0.679. The second kappa shape index (κ2) is 7.34. The van der Waals surface area contributed by atoms with E-state index in [1.54, 1.807) is 18.3 Å². The molecule has 0 fully saturated rings. The second-order valence-corrected chi connectivity index (χ2v) is 8.96. The predicted octanol–water partition coefficient (Wildman–Crippen LogP) is 4.54. The predicted molar refractivity (Wildman–Crippen MR) is 102 cm³/mol. The van der Waals surface area contributed by atoms with Crippen molar-refractivity contribution in [2.24, 2.45) is 0 Å². The molecule has 0 aliphatic carbocycles. The number of nitrogens with one attached hydrogen (secondary N) is 1. The third-order valence-electron chi connectivity index (χ3n) is 3.22. The van der Waals surface area contributed by atoms with Crippen LogP contribution in [-0.4, -0.2) is 20.0 Å². The maximum Gasteiger partial charge on any atom is 0.287 e. The maximum atomic E-state index is 12.9. The van der Waals surface area contributed by atoms with Crippen molar-refractivity contribution in [2.75, 3.05) is 5.32 Å². The largest absolute Gasteiger partial charge is 0.330 e. The number of nitrogens with zero attached hydrogens (tertiary/aromatic N) is 4. The van der Waals surface area contributed by atoms with Crippen LogP contribution in [0.4, 0.5) is 15.2 Å². The van der Waals surface area contributed by atoms with Gasteiger partial charge < -0.3 is 5.32 Å². The molecule has 0 spiro atoms. The van der Waals surface area contributed by atoms with Gasteiger partial charge in [-0.1, -0.05) is 34.7 Å². The highest BCUT2D eigenvalue weighted by Crippen LogP contribution is 2.35. The first-order valence-electron chi connectivity index (χ1n) is 7.56. The van der Waals surface area contributed by atoms with Crippen LogP contribution in [0.5, 0.6) is 0 Å². The summed E-state index contributed by atoms with van der Waals surface area (Å²) < 4.78 is 14.9. The van der Waals surface area contributed by atoms with Gasteiger partial charge in [0.2, 0.25) is 5.13 Å². The van der Waals surface area contributed by atoms with Crippen molar-refractivity contribution in [1.29, 1.82) is 0 Å². The van der Waals surface area contributed by atoms with Crippen LogP contribution in [0.1, 0.15) is 20.8 Å². The topological polar surface area (TPSA) is 72.7 Å². The summed E-state index contributed by atoms with van der Waals surface area (Å²) in [5, 5.41) is 16.0. The number of hydrogen-bond acceptors (Lipinski definition) is 7. The Hall–Kier alpha value is -1.97. The summed E-state index contributed by atoms with van der Waals surface area (Å²) in [5.74, 6) is -0.309. The molecule has 2 heterocycles. The van der Waals surface area contributed by atoms with Gasteiger partial charge in [0, 0.05) is 5.69 Å². The zero-order valence-corrected chi connectivity index (χ0v) is 16.5. The van der Waals surface area contributed by atoms with E-state index in [-0.39, 0.29) is 16.4 Å². The summed E-state index contributed by atoms with van der Waals surface area (Å²) in [6, 6.07) is 5.93. The van der Waals surface area contributed by atoms with Gasteiger partial charge in [-0.3, -0.25) is 4.79 Å². The lowest BCUT2D eigenvalue weighted by atomic mass is 10.1. The van der Waals surface area contributed by atoms with Gasteiger partial charge in [0.25, 0.3) is 5.56 Å². The van der Waals surface area contributed by atoms with Gasteiger partial charge in [-0.25, -0.2) is 9.07 Å². The molecule has 0 saturated carbocycles. The zero-order chi connectivity index (χ0) is 18.9. The SMILES string of the molecule is CC(C)(C)n1ncc(Sc2nnc(Nc3ccc(F)cc3)s2)c(Cl)c1=O. The van der Waals surface area contributed by atoms with E-state index in [4.69, 9.17) is 11.6 Å². The Kier molecular flexibility index (Phi) is 5.31. The van der Waals surface area contributed by atoms with Gasteiger partial charge in [-0.2, -0.15) is 5.10 Å². The highest BCUT2D eigenvalue weighted by molar-refractivity contribution is 8.01. The lowest BCUT2D eigenvalue weighted by molar-refractivity contribution is 0.336. The molecule has 0 aliphatic rings. The average Bonchev–Trinajstić information content (AvgIpc) is 3.00. The van der Waals surface area contributed by atoms with Gasteiger partial charge >= 0.3 is 0 Å². The van der Waals surface area contributed by atoms with Crippen LogP contribution in [0.25, 0.3) is 0 Å². The molecular weight excluding hydrogens is 397 g/mol. The molecule has 0 atom stereocenters. The van der Waals surface area contributed by atoms with Crippen molar-refractivity contribution in [3.63, 3.8) is 0 Å². The van der Waals surface area contributed by atoms with Crippen molar-refractivity contribution in [2.45, 2.75) is 35.5 Å². The maximum absolute atomic E-state index is 12.9. The molecule has 0 amide bonds. The molecule has 3 aromatic rings. The molecular formula is C16H15ClFN5OS2. The molecule has 10 heteroatoms. The fourth-order valence-corrected chi connectivity index (χ4v) is 3.98. The molecule has 136 valence electrons. The first-order chi connectivity index (χ1) is 12.2. The van der Waals surface area contributed by atoms with Crippen molar-refractivity contribution in [1.82, 2.24) is 20.0 Å². The highest BCUT2D eigenvalue weighted by Gasteiger charge is 2.20. The minimum atomic E-state index is -0.459. The van der Waals surface area contributed by atoms with E-state index in [9.17, 15) is 9.18 Å². The van der Waals surface area contributed by atoms with E-state index >= 15 is 0 Å². The van der Waals surface area contributed by atoms with Gasteiger partial charge in [-0.15, -0.1) is 10.2 Å². The first kappa shape index (κ1) is 18.8. The summed E-state index contributed by atoms with van der Waals surface area (Å²) in [6.07, 6.45) is 1.55. The molecule has 0 bridgehead atoms. The Balaban J connectivity index is 1.78. The highest BCUT2D eigenvalue weighted by atomic mass is 35.5. The lowest BCUT2D eigenvalue weighted by Gasteiger charge is -2.20. The summed E-state index contributed by atoms with van der Waals surface area (Å²) >= 11 is 8.73.